The number of likely N-dealkylation sites (tertiary alicyclic amines) is 1. The van der Waals surface area contributed by atoms with Crippen molar-refractivity contribution in [2.24, 2.45) is 10.4 Å². The number of guanidine groups is 1. The second kappa shape index (κ2) is 6.69. The molecule has 0 saturated carbocycles. The molecule has 3 rings (SSSR count). The van der Waals surface area contributed by atoms with Gasteiger partial charge in [-0.3, -0.25) is 0 Å². The highest BCUT2D eigenvalue weighted by Gasteiger charge is 2.42. The normalized spacial score (nSPS) is 25.4. The molecule has 1 spiro atoms. The molecule has 1 unspecified atom stereocenters. The van der Waals surface area contributed by atoms with Crippen LogP contribution in [0.15, 0.2) is 15.6 Å². The van der Waals surface area contributed by atoms with Crippen LogP contribution < -0.4 is 5.32 Å². The first-order valence-corrected chi connectivity index (χ1v) is 8.30. The summed E-state index contributed by atoms with van der Waals surface area (Å²) < 4.78 is 10.9. The fourth-order valence-electron chi connectivity index (χ4n) is 3.26. The summed E-state index contributed by atoms with van der Waals surface area (Å²) in [5.74, 6) is 1.80. The Morgan fingerprint density at radius 2 is 2.36 bits per heavy atom. The fraction of sp³-hybridized carbons (Fsp3) is 0.750. The van der Waals surface area contributed by atoms with Crippen LogP contribution in [0.1, 0.15) is 38.1 Å². The molecule has 1 atom stereocenters. The smallest absolute Gasteiger partial charge is 0.194 e. The topological polar surface area (TPSA) is 62.9 Å². The predicted octanol–water partition coefficient (Wildman–Crippen LogP) is 1.81. The van der Waals surface area contributed by atoms with Crippen LogP contribution in [0.2, 0.25) is 0 Å². The van der Waals surface area contributed by atoms with Crippen LogP contribution in [0.25, 0.3) is 0 Å². The van der Waals surface area contributed by atoms with Crippen LogP contribution in [-0.2, 0) is 17.7 Å². The number of rotatable bonds is 4. The first-order chi connectivity index (χ1) is 10.7. The lowest BCUT2D eigenvalue weighted by Crippen LogP contribution is -2.41. The monoisotopic (exact) mass is 306 g/mol. The van der Waals surface area contributed by atoms with Crippen molar-refractivity contribution in [3.8, 4) is 0 Å². The van der Waals surface area contributed by atoms with Crippen molar-refractivity contribution < 1.29 is 9.26 Å². The van der Waals surface area contributed by atoms with Gasteiger partial charge >= 0.3 is 0 Å². The van der Waals surface area contributed by atoms with Gasteiger partial charge in [0.25, 0.3) is 0 Å². The van der Waals surface area contributed by atoms with E-state index in [-0.39, 0.29) is 0 Å². The van der Waals surface area contributed by atoms with Crippen LogP contribution in [0.5, 0.6) is 0 Å². The van der Waals surface area contributed by atoms with Gasteiger partial charge in [-0.15, -0.1) is 0 Å². The number of aryl methyl sites for hydroxylation is 1. The van der Waals surface area contributed by atoms with Crippen LogP contribution in [0.3, 0.4) is 0 Å². The Balaban J connectivity index is 1.65. The minimum absolute atomic E-state index is 0.345. The standard InChI is InChI=1S/C16H26N4O2/c1-3-13-9-14(22-19-13)10-18-15(17-4-2)20-7-5-16(11-20)6-8-21-12-16/h9H,3-8,10-12H2,1-2H3,(H,17,18). The number of ether oxygens (including phenoxy) is 1. The third-order valence-corrected chi connectivity index (χ3v) is 4.61. The van der Waals surface area contributed by atoms with Crippen molar-refractivity contribution in [3.05, 3.63) is 17.5 Å². The average molecular weight is 306 g/mol. The minimum Gasteiger partial charge on any atom is -0.381 e. The van der Waals surface area contributed by atoms with Crippen molar-refractivity contribution in [2.75, 3.05) is 32.8 Å². The number of aliphatic imine (C=N–C) groups is 1. The van der Waals surface area contributed by atoms with Gasteiger partial charge in [-0.05, 0) is 26.2 Å². The Morgan fingerprint density at radius 3 is 3.05 bits per heavy atom. The van der Waals surface area contributed by atoms with Gasteiger partial charge in [-0.1, -0.05) is 12.1 Å². The third-order valence-electron chi connectivity index (χ3n) is 4.61. The molecule has 3 heterocycles. The molecular weight excluding hydrogens is 280 g/mol. The zero-order valence-electron chi connectivity index (χ0n) is 13.6. The van der Waals surface area contributed by atoms with Gasteiger partial charge in [0.1, 0.15) is 6.54 Å². The molecule has 2 fully saturated rings. The van der Waals surface area contributed by atoms with Crippen LogP contribution in [-0.4, -0.2) is 48.9 Å². The molecule has 6 nitrogen and oxygen atoms in total. The van der Waals surface area contributed by atoms with E-state index in [1.54, 1.807) is 0 Å². The van der Waals surface area contributed by atoms with E-state index in [0.717, 1.165) is 56.7 Å². The molecule has 1 N–H and O–H groups in total. The van der Waals surface area contributed by atoms with Gasteiger partial charge in [0.2, 0.25) is 0 Å². The Bertz CT molecular complexity index is 520. The summed E-state index contributed by atoms with van der Waals surface area (Å²) in [6.45, 7) is 9.46. The molecular formula is C16H26N4O2. The average Bonchev–Trinajstić information content (AvgIpc) is 3.26. The molecule has 2 aliphatic rings. The molecule has 2 saturated heterocycles. The van der Waals surface area contributed by atoms with Gasteiger partial charge in [0.05, 0.1) is 12.3 Å². The van der Waals surface area contributed by atoms with Gasteiger partial charge in [0.15, 0.2) is 11.7 Å². The molecule has 0 aromatic carbocycles. The van der Waals surface area contributed by atoms with Crippen molar-refractivity contribution in [3.63, 3.8) is 0 Å². The molecule has 6 heteroatoms. The highest BCUT2D eigenvalue weighted by atomic mass is 16.5. The molecule has 2 aliphatic heterocycles. The number of hydrogen-bond acceptors (Lipinski definition) is 4. The lowest BCUT2D eigenvalue weighted by molar-refractivity contribution is 0.156. The van der Waals surface area contributed by atoms with Crippen LogP contribution >= 0.6 is 0 Å². The second-order valence-corrected chi connectivity index (χ2v) is 6.28. The van der Waals surface area contributed by atoms with E-state index in [0.29, 0.717) is 12.0 Å². The van der Waals surface area contributed by atoms with E-state index in [9.17, 15) is 0 Å². The molecule has 22 heavy (non-hydrogen) atoms. The second-order valence-electron chi connectivity index (χ2n) is 6.28. The van der Waals surface area contributed by atoms with E-state index in [1.807, 2.05) is 6.07 Å². The Morgan fingerprint density at radius 1 is 1.45 bits per heavy atom. The molecule has 1 aromatic rings. The SMILES string of the molecule is CCNC(=NCc1cc(CC)no1)N1CCC2(CCOC2)C1. The van der Waals surface area contributed by atoms with Crippen LogP contribution in [0, 0.1) is 5.41 Å². The van der Waals surface area contributed by atoms with E-state index < -0.39 is 0 Å². The van der Waals surface area contributed by atoms with Crippen molar-refractivity contribution in [2.45, 2.75) is 39.7 Å². The highest BCUT2D eigenvalue weighted by molar-refractivity contribution is 5.80. The zero-order chi connectivity index (χ0) is 15.4. The van der Waals surface area contributed by atoms with Crippen molar-refractivity contribution in [1.82, 2.24) is 15.4 Å². The van der Waals surface area contributed by atoms with Crippen LogP contribution in [0.4, 0.5) is 0 Å². The number of nitrogens with one attached hydrogen (secondary N) is 1. The van der Waals surface area contributed by atoms with E-state index in [1.165, 1.54) is 12.8 Å². The first kappa shape index (κ1) is 15.3. The number of hydrogen-bond donors (Lipinski definition) is 1. The minimum atomic E-state index is 0.345. The van der Waals surface area contributed by atoms with Gasteiger partial charge in [-0.25, -0.2) is 4.99 Å². The number of aromatic nitrogens is 1. The summed E-state index contributed by atoms with van der Waals surface area (Å²) in [4.78, 5) is 7.08. The van der Waals surface area contributed by atoms with E-state index in [2.05, 4.69) is 29.2 Å². The van der Waals surface area contributed by atoms with Crippen molar-refractivity contribution in [1.29, 1.82) is 0 Å². The Hall–Kier alpha value is -1.56. The molecule has 1 aromatic heterocycles. The molecule has 122 valence electrons. The lowest BCUT2D eigenvalue weighted by atomic mass is 9.87. The lowest BCUT2D eigenvalue weighted by Gasteiger charge is -2.24. The molecule has 0 amide bonds. The summed E-state index contributed by atoms with van der Waals surface area (Å²) in [5.41, 5.74) is 1.33. The summed E-state index contributed by atoms with van der Waals surface area (Å²) in [6.07, 6.45) is 3.26. The maximum atomic E-state index is 5.60. The van der Waals surface area contributed by atoms with E-state index in [4.69, 9.17) is 14.3 Å². The maximum absolute atomic E-state index is 5.60. The van der Waals surface area contributed by atoms with Gasteiger partial charge < -0.3 is 19.5 Å². The third kappa shape index (κ3) is 3.27. The quantitative estimate of drug-likeness (QED) is 0.679. The molecule has 0 radical (unpaired) electrons. The zero-order valence-corrected chi connectivity index (χ0v) is 13.6. The van der Waals surface area contributed by atoms with Crippen molar-refractivity contribution >= 4 is 5.96 Å². The Kier molecular flexibility index (Phi) is 4.66. The summed E-state index contributed by atoms with van der Waals surface area (Å²) in [7, 11) is 0. The largest absolute Gasteiger partial charge is 0.381 e. The summed E-state index contributed by atoms with van der Waals surface area (Å²) in [5, 5.41) is 7.41. The summed E-state index contributed by atoms with van der Waals surface area (Å²) >= 11 is 0. The molecule has 0 bridgehead atoms. The van der Waals surface area contributed by atoms with Gasteiger partial charge in [0, 0.05) is 37.7 Å². The molecule has 0 aliphatic carbocycles. The highest BCUT2D eigenvalue weighted by Crippen LogP contribution is 2.38. The van der Waals surface area contributed by atoms with Gasteiger partial charge in [-0.2, -0.15) is 0 Å². The predicted molar refractivity (Wildman–Crippen MR) is 84.8 cm³/mol. The number of nitrogens with zero attached hydrogens (tertiary/aromatic N) is 3. The Labute approximate surface area is 131 Å². The fourth-order valence-corrected chi connectivity index (χ4v) is 3.26. The maximum Gasteiger partial charge on any atom is 0.194 e. The summed E-state index contributed by atoms with van der Waals surface area (Å²) in [6, 6.07) is 1.99. The van der Waals surface area contributed by atoms with E-state index >= 15 is 0 Å². The first-order valence-electron chi connectivity index (χ1n) is 8.30.